The topological polar surface area (TPSA) is 54.4 Å². The van der Waals surface area contributed by atoms with E-state index < -0.39 is 11.9 Å². The second-order valence-corrected chi connectivity index (χ2v) is 3.17. The average molecular weight is 275 g/mol. The van der Waals surface area contributed by atoms with Gasteiger partial charge in [0.2, 0.25) is 0 Å². The van der Waals surface area contributed by atoms with Crippen LogP contribution in [0, 0.1) is 20.3 Å². The molecule has 0 aromatic heterocycles. The van der Waals surface area contributed by atoms with Gasteiger partial charge in [0.25, 0.3) is 0 Å². The molecule has 0 rings (SSSR count). The van der Waals surface area contributed by atoms with E-state index in [-0.39, 0.29) is 58.3 Å². The van der Waals surface area contributed by atoms with Crippen molar-refractivity contribution in [3.05, 3.63) is 14.4 Å². The number of carbonyl (C=O) groups is 2. The second kappa shape index (κ2) is 9.94. The van der Waals surface area contributed by atoms with Crippen molar-refractivity contribution < 1.29 is 47.4 Å². The van der Waals surface area contributed by atoms with E-state index in [4.69, 9.17) is 5.11 Å². The predicted octanol–water partition coefficient (Wildman–Crippen LogP) is 1.20. The van der Waals surface area contributed by atoms with Gasteiger partial charge in [-0.3, -0.25) is 9.59 Å². The third kappa shape index (κ3) is 10.5. The Kier molecular flexibility index (Phi) is 14.1. The van der Waals surface area contributed by atoms with Crippen LogP contribution in [0.15, 0.2) is 0 Å². The third-order valence-electron chi connectivity index (χ3n) is 1.41. The molecule has 3 nitrogen and oxygen atoms in total. The molecule has 0 aromatic rings. The quantitative estimate of drug-likeness (QED) is 0.606. The minimum Gasteiger partial charge on any atom is -0.386 e. The Labute approximate surface area is 112 Å². The smallest absolute Gasteiger partial charge is 0.168 e. The van der Waals surface area contributed by atoms with Gasteiger partial charge in [0, 0.05) is 32.7 Å². The van der Waals surface area contributed by atoms with Crippen molar-refractivity contribution in [2.75, 3.05) is 0 Å². The molecule has 0 amide bonds. The van der Waals surface area contributed by atoms with Crippen LogP contribution in [0.2, 0.25) is 0 Å². The maximum Gasteiger partial charge on any atom is 0.168 e. The molecule has 1 N–H and O–H groups in total. The molecule has 0 aromatic carbocycles. The molecule has 2 atom stereocenters. The zero-order valence-electron chi connectivity index (χ0n) is 9.12. The van der Waals surface area contributed by atoms with E-state index in [1.54, 1.807) is 0 Å². The van der Waals surface area contributed by atoms with E-state index in [0.717, 1.165) is 0 Å². The van der Waals surface area contributed by atoms with Crippen molar-refractivity contribution >= 4 is 11.6 Å². The summed E-state index contributed by atoms with van der Waals surface area (Å²) in [5.41, 5.74) is 0. The summed E-state index contributed by atoms with van der Waals surface area (Å²) in [6.45, 7) is 6.81. The van der Waals surface area contributed by atoms with Crippen molar-refractivity contribution in [2.24, 2.45) is 5.92 Å². The van der Waals surface area contributed by atoms with E-state index >= 15 is 0 Å². The standard InChI is InChI=1S/C9H15O3.CH3.Y/c1-6(2)4-8(11)5-9(12)7(3)10;;/h6-7,10H,1,4-5H2,2-3H3;1H3;/q2*-1;. The minimum atomic E-state index is -1.03. The second-order valence-electron chi connectivity index (χ2n) is 3.17. The van der Waals surface area contributed by atoms with Crippen LogP contribution in [-0.2, 0) is 42.3 Å². The number of aliphatic hydroxyl groups is 1. The Morgan fingerprint density at radius 3 is 2.07 bits per heavy atom. The largest absolute Gasteiger partial charge is 0.386 e. The molecule has 0 saturated heterocycles. The van der Waals surface area contributed by atoms with Crippen LogP contribution < -0.4 is 0 Å². The van der Waals surface area contributed by atoms with Gasteiger partial charge in [-0.2, -0.15) is 5.92 Å². The van der Waals surface area contributed by atoms with Gasteiger partial charge in [0.15, 0.2) is 5.78 Å². The van der Waals surface area contributed by atoms with Gasteiger partial charge in [-0.15, -0.1) is 0 Å². The van der Waals surface area contributed by atoms with E-state index in [0.29, 0.717) is 6.42 Å². The molecule has 0 fully saturated rings. The third-order valence-corrected chi connectivity index (χ3v) is 1.41. The van der Waals surface area contributed by atoms with E-state index in [2.05, 4.69) is 6.92 Å². The summed E-state index contributed by atoms with van der Waals surface area (Å²) in [4.78, 5) is 21.8. The zero-order valence-corrected chi connectivity index (χ0v) is 12.0. The van der Waals surface area contributed by atoms with Crippen LogP contribution in [0.4, 0.5) is 0 Å². The zero-order chi connectivity index (χ0) is 9.72. The molecule has 0 saturated carbocycles. The summed E-state index contributed by atoms with van der Waals surface area (Å²) in [5.74, 6) is -0.539. The molecule has 14 heavy (non-hydrogen) atoms. The Bertz CT molecular complexity index is 176. The van der Waals surface area contributed by atoms with Gasteiger partial charge in [0.05, 0.1) is 6.42 Å². The van der Waals surface area contributed by atoms with Crippen molar-refractivity contribution in [1.29, 1.82) is 0 Å². The summed E-state index contributed by atoms with van der Waals surface area (Å²) < 4.78 is 0. The normalized spacial score (nSPS) is 13.1. The Balaban J connectivity index is -0.000000605. The number of carbonyl (C=O) groups excluding carboxylic acids is 2. The Morgan fingerprint density at radius 2 is 1.79 bits per heavy atom. The van der Waals surface area contributed by atoms with Gasteiger partial charge < -0.3 is 19.5 Å². The first-order valence-corrected chi connectivity index (χ1v) is 3.99. The summed E-state index contributed by atoms with van der Waals surface area (Å²) in [6.07, 6.45) is -0.898. The minimum absolute atomic E-state index is 0. The number of ketones is 2. The van der Waals surface area contributed by atoms with Crippen molar-refractivity contribution in [1.82, 2.24) is 0 Å². The maximum absolute atomic E-state index is 11.0. The first kappa shape index (κ1) is 19.9. The first-order valence-electron chi connectivity index (χ1n) is 3.99. The van der Waals surface area contributed by atoms with Crippen molar-refractivity contribution in [3.63, 3.8) is 0 Å². The molecular weight excluding hydrogens is 257 g/mol. The Morgan fingerprint density at radius 1 is 1.36 bits per heavy atom. The molecule has 81 valence electrons. The van der Waals surface area contributed by atoms with Gasteiger partial charge in [0.1, 0.15) is 11.9 Å². The number of rotatable bonds is 5. The van der Waals surface area contributed by atoms with Crippen LogP contribution in [0.3, 0.4) is 0 Å². The predicted molar refractivity (Wildman–Crippen MR) is 51.9 cm³/mol. The SMILES string of the molecule is [CH2-]C(C)CC(=O)CC(=O)C(C)O.[CH3-].[Y]. The molecule has 0 aliphatic carbocycles. The van der Waals surface area contributed by atoms with Crippen LogP contribution in [0.1, 0.15) is 26.7 Å². The molecule has 4 heteroatoms. The number of hydrogen-bond acceptors (Lipinski definition) is 3. The van der Waals surface area contributed by atoms with Crippen LogP contribution in [0.25, 0.3) is 0 Å². The summed E-state index contributed by atoms with van der Waals surface area (Å²) in [5, 5.41) is 8.79. The summed E-state index contributed by atoms with van der Waals surface area (Å²) in [7, 11) is 0. The fourth-order valence-corrected chi connectivity index (χ4v) is 0.803. The van der Waals surface area contributed by atoms with Crippen LogP contribution >= 0.6 is 0 Å². The first-order chi connectivity index (χ1) is 5.43. The van der Waals surface area contributed by atoms with Crippen LogP contribution in [-0.4, -0.2) is 22.8 Å². The van der Waals surface area contributed by atoms with E-state index in [1.165, 1.54) is 6.92 Å². The molecular formula is C10H18O3Y-2. The molecule has 0 bridgehead atoms. The number of Topliss-reactive ketones (excluding diaryl/α,β-unsaturated/α-hetero) is 2. The molecule has 0 heterocycles. The number of aliphatic hydroxyl groups excluding tert-OH is 1. The monoisotopic (exact) mass is 275 g/mol. The molecule has 0 aliphatic heterocycles. The van der Waals surface area contributed by atoms with E-state index in [9.17, 15) is 9.59 Å². The maximum atomic E-state index is 11.0. The number of hydrogen-bond donors (Lipinski definition) is 1. The van der Waals surface area contributed by atoms with Gasteiger partial charge >= 0.3 is 0 Å². The van der Waals surface area contributed by atoms with Gasteiger partial charge in [-0.05, 0) is 13.3 Å². The summed E-state index contributed by atoms with van der Waals surface area (Å²) in [6, 6.07) is 0. The van der Waals surface area contributed by atoms with Crippen molar-refractivity contribution in [2.45, 2.75) is 32.8 Å². The van der Waals surface area contributed by atoms with Gasteiger partial charge in [-0.25, -0.2) is 0 Å². The van der Waals surface area contributed by atoms with Gasteiger partial charge in [-0.1, -0.05) is 6.92 Å². The Hall–Kier alpha value is 0.404. The van der Waals surface area contributed by atoms with E-state index in [1.807, 2.05) is 6.92 Å². The fourth-order valence-electron chi connectivity index (χ4n) is 0.803. The van der Waals surface area contributed by atoms with Crippen molar-refractivity contribution in [3.8, 4) is 0 Å². The molecule has 2 unspecified atom stereocenters. The molecule has 1 radical (unpaired) electrons. The van der Waals surface area contributed by atoms with Crippen LogP contribution in [0.5, 0.6) is 0 Å². The molecule has 0 spiro atoms. The summed E-state index contributed by atoms with van der Waals surface area (Å²) >= 11 is 0. The average Bonchev–Trinajstić information content (AvgIpc) is 1.84. The fraction of sp³-hybridized carbons (Fsp3) is 0.600. The molecule has 0 aliphatic rings.